The van der Waals surface area contributed by atoms with E-state index in [4.69, 9.17) is 4.74 Å². The van der Waals surface area contributed by atoms with Crippen LogP contribution in [-0.2, 0) is 0 Å². The lowest BCUT2D eigenvalue weighted by atomic mass is 10.1. The van der Waals surface area contributed by atoms with Gasteiger partial charge in [0.25, 0.3) is 0 Å². The van der Waals surface area contributed by atoms with Crippen molar-refractivity contribution in [2.24, 2.45) is 0 Å². The fourth-order valence-electron chi connectivity index (χ4n) is 3.00. The number of hydrogen-bond acceptors (Lipinski definition) is 3. The molecular weight excluding hydrogens is 404 g/mol. The van der Waals surface area contributed by atoms with Crippen LogP contribution in [0.15, 0.2) is 46.9 Å². The molecule has 4 nitrogen and oxygen atoms in total. The molecule has 3 rings (SSSR count). The molecule has 2 aromatic carbocycles. The van der Waals surface area contributed by atoms with Crippen LogP contribution in [0.2, 0.25) is 0 Å². The zero-order valence-corrected chi connectivity index (χ0v) is 17.2. The molecule has 3 aromatic rings. The monoisotopic (exact) mass is 428 g/mol. The van der Waals surface area contributed by atoms with Gasteiger partial charge in [0.15, 0.2) is 5.82 Å². The Labute approximate surface area is 168 Å². The molecule has 0 aliphatic heterocycles. The number of benzene rings is 2. The van der Waals surface area contributed by atoms with Crippen molar-refractivity contribution in [3.05, 3.63) is 58.3 Å². The van der Waals surface area contributed by atoms with E-state index in [0.717, 1.165) is 34.3 Å². The normalized spacial score (nSPS) is 11.0. The smallest absolute Gasteiger partial charge is 0.228 e. The van der Waals surface area contributed by atoms with Gasteiger partial charge < -0.3 is 9.72 Å². The van der Waals surface area contributed by atoms with Crippen LogP contribution in [0.5, 0.6) is 5.75 Å². The molecule has 0 aliphatic carbocycles. The number of nitrogens with zero attached hydrogens (tertiary/aromatic N) is 1. The highest BCUT2D eigenvalue weighted by Crippen LogP contribution is 2.21. The number of aromatic amines is 1. The summed E-state index contributed by atoms with van der Waals surface area (Å²) in [5.41, 5.74) is 2.19. The van der Waals surface area contributed by atoms with Crippen molar-refractivity contribution >= 4 is 32.7 Å². The summed E-state index contributed by atoms with van der Waals surface area (Å²) < 4.78 is 6.79. The van der Waals surface area contributed by atoms with Crippen LogP contribution in [0.3, 0.4) is 0 Å². The third-order valence-electron chi connectivity index (χ3n) is 4.54. The van der Waals surface area contributed by atoms with Crippen molar-refractivity contribution in [1.29, 1.82) is 0 Å². The second-order valence-electron chi connectivity index (χ2n) is 6.72. The lowest BCUT2D eigenvalue weighted by Crippen LogP contribution is -2.03. The number of aromatic nitrogens is 2. The van der Waals surface area contributed by atoms with Crippen LogP contribution >= 0.6 is 15.9 Å². The first kappa shape index (κ1) is 19.6. The molecule has 0 saturated carbocycles. The molecule has 0 spiro atoms. The summed E-state index contributed by atoms with van der Waals surface area (Å²) in [6.45, 7) is 2.95. The van der Waals surface area contributed by atoms with Crippen LogP contribution in [-0.4, -0.2) is 22.4 Å². The van der Waals surface area contributed by atoms with Crippen molar-refractivity contribution in [2.45, 2.75) is 45.4 Å². The van der Waals surface area contributed by atoms with Crippen molar-refractivity contribution in [2.75, 3.05) is 6.61 Å². The SMILES string of the molecule is CCCCCCCCOc1ccc2nc(C(=O)c3ccc(Br)cc3)[nH]c2c1. The van der Waals surface area contributed by atoms with E-state index in [0.29, 0.717) is 11.4 Å². The Hall–Kier alpha value is -2.14. The summed E-state index contributed by atoms with van der Waals surface area (Å²) in [5, 5.41) is 0. The fraction of sp³-hybridized carbons (Fsp3) is 0.364. The maximum atomic E-state index is 12.6. The van der Waals surface area contributed by atoms with Crippen molar-refractivity contribution in [3.63, 3.8) is 0 Å². The highest BCUT2D eigenvalue weighted by Gasteiger charge is 2.14. The number of carbonyl (C=O) groups excluding carboxylic acids is 1. The number of ketones is 1. The van der Waals surface area contributed by atoms with Gasteiger partial charge in [0, 0.05) is 16.1 Å². The van der Waals surface area contributed by atoms with Gasteiger partial charge >= 0.3 is 0 Å². The molecule has 5 heteroatoms. The summed E-state index contributed by atoms with van der Waals surface area (Å²) in [5.74, 6) is 1.04. The van der Waals surface area contributed by atoms with Gasteiger partial charge in [-0.1, -0.05) is 55.0 Å². The number of ether oxygens (including phenoxy) is 1. The predicted octanol–water partition coefficient (Wildman–Crippen LogP) is 6.30. The molecule has 1 N–H and O–H groups in total. The molecule has 0 fully saturated rings. The third-order valence-corrected chi connectivity index (χ3v) is 5.07. The van der Waals surface area contributed by atoms with Crippen LogP contribution in [0.4, 0.5) is 0 Å². The molecule has 0 unspecified atom stereocenters. The molecule has 0 saturated heterocycles. The van der Waals surface area contributed by atoms with Crippen LogP contribution in [0.1, 0.15) is 61.6 Å². The lowest BCUT2D eigenvalue weighted by Gasteiger charge is -2.06. The average molecular weight is 429 g/mol. The Morgan fingerprint density at radius 2 is 1.78 bits per heavy atom. The van der Waals surface area contributed by atoms with Gasteiger partial charge in [-0.3, -0.25) is 4.79 Å². The van der Waals surface area contributed by atoms with E-state index < -0.39 is 0 Å². The number of carbonyl (C=O) groups is 1. The number of unbranched alkanes of at least 4 members (excludes halogenated alkanes) is 5. The molecule has 1 aromatic heterocycles. The maximum Gasteiger partial charge on any atom is 0.228 e. The molecule has 27 heavy (non-hydrogen) atoms. The van der Waals surface area contributed by atoms with E-state index >= 15 is 0 Å². The van der Waals surface area contributed by atoms with Crippen molar-refractivity contribution in [1.82, 2.24) is 9.97 Å². The minimum absolute atomic E-state index is 0.117. The van der Waals surface area contributed by atoms with E-state index in [1.165, 1.54) is 32.1 Å². The minimum atomic E-state index is -0.117. The van der Waals surface area contributed by atoms with Crippen molar-refractivity contribution in [3.8, 4) is 5.75 Å². The van der Waals surface area contributed by atoms with Crippen molar-refractivity contribution < 1.29 is 9.53 Å². The van der Waals surface area contributed by atoms with Gasteiger partial charge in [0.05, 0.1) is 17.6 Å². The highest BCUT2D eigenvalue weighted by atomic mass is 79.9. The first-order chi connectivity index (χ1) is 13.2. The Morgan fingerprint density at radius 3 is 2.56 bits per heavy atom. The van der Waals surface area contributed by atoms with Gasteiger partial charge in [-0.25, -0.2) is 4.98 Å². The summed E-state index contributed by atoms with van der Waals surface area (Å²) in [6.07, 6.45) is 7.45. The standard InChI is InChI=1S/C22H25BrN2O2/c1-2-3-4-5-6-7-14-27-18-12-13-19-20(15-18)25-22(24-19)21(26)16-8-10-17(23)11-9-16/h8-13,15H,2-7,14H2,1H3,(H,24,25). The molecule has 1 heterocycles. The summed E-state index contributed by atoms with van der Waals surface area (Å²) in [7, 11) is 0. The minimum Gasteiger partial charge on any atom is -0.494 e. The molecule has 142 valence electrons. The molecular formula is C22H25BrN2O2. The molecule has 0 radical (unpaired) electrons. The zero-order valence-electron chi connectivity index (χ0n) is 15.6. The average Bonchev–Trinajstić information content (AvgIpc) is 3.11. The van der Waals surface area contributed by atoms with Gasteiger partial charge in [-0.05, 0) is 42.8 Å². The lowest BCUT2D eigenvalue weighted by molar-refractivity contribution is 0.103. The zero-order chi connectivity index (χ0) is 19.1. The van der Waals surface area contributed by atoms with Gasteiger partial charge in [-0.15, -0.1) is 0 Å². The summed E-state index contributed by atoms with van der Waals surface area (Å²) >= 11 is 3.38. The number of imidazole rings is 1. The first-order valence-electron chi connectivity index (χ1n) is 9.60. The molecule has 0 bridgehead atoms. The fourth-order valence-corrected chi connectivity index (χ4v) is 3.26. The van der Waals surface area contributed by atoms with Gasteiger partial charge in [0.1, 0.15) is 5.75 Å². The Morgan fingerprint density at radius 1 is 1.04 bits per heavy atom. The number of H-pyrrole nitrogens is 1. The number of nitrogens with one attached hydrogen (secondary N) is 1. The second kappa shape index (κ2) is 9.70. The maximum absolute atomic E-state index is 12.6. The highest BCUT2D eigenvalue weighted by molar-refractivity contribution is 9.10. The Kier molecular flexibility index (Phi) is 7.04. The van der Waals surface area contributed by atoms with Gasteiger partial charge in [0.2, 0.25) is 5.78 Å². The summed E-state index contributed by atoms with van der Waals surface area (Å²) in [4.78, 5) is 20.1. The number of halogens is 1. The summed E-state index contributed by atoms with van der Waals surface area (Å²) in [6, 6.07) is 13.0. The van der Waals surface area contributed by atoms with Crippen LogP contribution < -0.4 is 4.74 Å². The third kappa shape index (κ3) is 5.42. The van der Waals surface area contributed by atoms with E-state index in [-0.39, 0.29) is 5.78 Å². The van der Waals surface area contributed by atoms with Crippen LogP contribution in [0, 0.1) is 0 Å². The molecule has 0 amide bonds. The Bertz CT molecular complexity index is 887. The largest absolute Gasteiger partial charge is 0.494 e. The molecule has 0 aliphatic rings. The van der Waals surface area contributed by atoms with Crippen LogP contribution in [0.25, 0.3) is 11.0 Å². The number of hydrogen-bond donors (Lipinski definition) is 1. The van der Waals surface area contributed by atoms with Gasteiger partial charge in [-0.2, -0.15) is 0 Å². The Balaban J connectivity index is 1.59. The first-order valence-corrected chi connectivity index (χ1v) is 10.4. The van der Waals surface area contributed by atoms with E-state index in [2.05, 4.69) is 32.8 Å². The molecule has 0 atom stereocenters. The second-order valence-corrected chi connectivity index (χ2v) is 7.63. The topological polar surface area (TPSA) is 55.0 Å². The van der Waals surface area contributed by atoms with E-state index in [1.54, 1.807) is 12.1 Å². The quantitative estimate of drug-likeness (QED) is 0.304. The van der Waals surface area contributed by atoms with E-state index in [9.17, 15) is 4.79 Å². The predicted molar refractivity (Wildman–Crippen MR) is 113 cm³/mol. The number of fused-ring (bicyclic) bond motifs is 1. The number of rotatable bonds is 10. The van der Waals surface area contributed by atoms with E-state index in [1.807, 2.05) is 30.3 Å².